The quantitative estimate of drug-likeness (QED) is 0.440. The first-order valence-electron chi connectivity index (χ1n) is 8.89. The first kappa shape index (κ1) is 18.1. The Hall–Kier alpha value is -2.31. The average molecular weight is 403 g/mol. The van der Waals surface area contributed by atoms with Gasteiger partial charge in [0.2, 0.25) is 5.76 Å². The van der Waals surface area contributed by atoms with Crippen molar-refractivity contribution in [2.75, 3.05) is 24.6 Å². The predicted molar refractivity (Wildman–Crippen MR) is 108 cm³/mol. The monoisotopic (exact) mass is 402 g/mol. The molecule has 0 saturated carbocycles. The Morgan fingerprint density at radius 2 is 2.26 bits per heavy atom. The molecule has 140 valence electrons. The van der Waals surface area contributed by atoms with Crippen LogP contribution >= 0.6 is 22.9 Å². The highest BCUT2D eigenvalue weighted by molar-refractivity contribution is 7.22. The van der Waals surface area contributed by atoms with Crippen molar-refractivity contribution in [2.24, 2.45) is 0 Å². The van der Waals surface area contributed by atoms with Crippen LogP contribution in [-0.4, -0.2) is 30.6 Å². The van der Waals surface area contributed by atoms with Crippen LogP contribution in [-0.2, 0) is 11.2 Å². The molecule has 1 aliphatic heterocycles. The number of aromatic nitrogens is 1. The second kappa shape index (κ2) is 7.74. The Labute approximate surface area is 166 Å². The molecule has 27 heavy (non-hydrogen) atoms. The van der Waals surface area contributed by atoms with Gasteiger partial charge in [-0.2, -0.15) is 0 Å². The standard InChI is InChI=1S/C20H19ClN2O3S/c1-2-25-19(24)16-7-6-15(26-16)11-13-10-14(21)12-17-18(13)22-20(27-17)23-8-4-3-5-9-23/h3-4,6-7,10,12H,2,5,8-9,11H2,1H3. The number of carbonyl (C=O) groups excluding carboxylic acids is 1. The van der Waals surface area contributed by atoms with E-state index in [9.17, 15) is 4.79 Å². The van der Waals surface area contributed by atoms with E-state index in [4.69, 9.17) is 25.7 Å². The number of anilines is 1. The number of hydrogen-bond donors (Lipinski definition) is 0. The van der Waals surface area contributed by atoms with Gasteiger partial charge < -0.3 is 14.1 Å². The molecule has 0 aliphatic carbocycles. The molecule has 0 atom stereocenters. The lowest BCUT2D eigenvalue weighted by atomic mass is 10.1. The molecule has 0 bridgehead atoms. The summed E-state index contributed by atoms with van der Waals surface area (Å²) in [5.41, 5.74) is 1.92. The van der Waals surface area contributed by atoms with E-state index < -0.39 is 5.97 Å². The van der Waals surface area contributed by atoms with Crippen molar-refractivity contribution in [3.05, 3.63) is 58.5 Å². The van der Waals surface area contributed by atoms with Crippen molar-refractivity contribution in [1.82, 2.24) is 4.98 Å². The molecule has 0 unspecified atom stereocenters. The molecule has 0 fully saturated rings. The van der Waals surface area contributed by atoms with Crippen molar-refractivity contribution < 1.29 is 13.9 Å². The molecule has 0 amide bonds. The number of benzene rings is 1. The molecule has 3 heterocycles. The summed E-state index contributed by atoms with van der Waals surface area (Å²) in [6, 6.07) is 7.30. The fourth-order valence-electron chi connectivity index (χ4n) is 3.11. The van der Waals surface area contributed by atoms with Crippen molar-refractivity contribution in [2.45, 2.75) is 19.8 Å². The van der Waals surface area contributed by atoms with E-state index in [1.54, 1.807) is 30.4 Å². The molecule has 4 rings (SSSR count). The van der Waals surface area contributed by atoms with Crippen LogP contribution in [0.2, 0.25) is 5.02 Å². The molecule has 3 aromatic rings. The maximum Gasteiger partial charge on any atom is 0.374 e. The Morgan fingerprint density at radius 3 is 3.04 bits per heavy atom. The smallest absolute Gasteiger partial charge is 0.374 e. The van der Waals surface area contributed by atoms with Crippen LogP contribution in [0.4, 0.5) is 5.13 Å². The van der Waals surface area contributed by atoms with E-state index in [-0.39, 0.29) is 5.76 Å². The van der Waals surface area contributed by atoms with E-state index in [0.29, 0.717) is 23.8 Å². The minimum atomic E-state index is -0.450. The highest BCUT2D eigenvalue weighted by atomic mass is 35.5. The second-order valence-electron chi connectivity index (χ2n) is 6.28. The molecule has 1 aliphatic rings. The maximum absolute atomic E-state index is 11.8. The second-order valence-corrected chi connectivity index (χ2v) is 7.72. The van der Waals surface area contributed by atoms with Crippen molar-refractivity contribution in [1.29, 1.82) is 0 Å². The van der Waals surface area contributed by atoms with Gasteiger partial charge in [-0.15, -0.1) is 0 Å². The molecule has 2 aromatic heterocycles. The minimum absolute atomic E-state index is 0.212. The zero-order chi connectivity index (χ0) is 18.8. The predicted octanol–water partition coefficient (Wildman–Crippen LogP) is 5.08. The summed E-state index contributed by atoms with van der Waals surface area (Å²) in [6.45, 7) is 3.93. The minimum Gasteiger partial charge on any atom is -0.460 e. The van der Waals surface area contributed by atoms with Gasteiger partial charge in [-0.3, -0.25) is 0 Å². The van der Waals surface area contributed by atoms with Gasteiger partial charge in [-0.25, -0.2) is 9.78 Å². The third-order valence-corrected chi connectivity index (χ3v) is 5.64. The summed E-state index contributed by atoms with van der Waals surface area (Å²) in [5, 5.41) is 1.67. The van der Waals surface area contributed by atoms with Crippen molar-refractivity contribution in [3.8, 4) is 0 Å². The maximum atomic E-state index is 11.8. The highest BCUT2D eigenvalue weighted by Crippen LogP contribution is 2.34. The van der Waals surface area contributed by atoms with Crippen molar-refractivity contribution in [3.63, 3.8) is 0 Å². The molecule has 1 aromatic carbocycles. The van der Waals surface area contributed by atoms with E-state index >= 15 is 0 Å². The first-order valence-corrected chi connectivity index (χ1v) is 10.1. The molecular formula is C20H19ClN2O3S. The van der Waals surface area contributed by atoms with Gasteiger partial charge in [0.1, 0.15) is 5.76 Å². The van der Waals surface area contributed by atoms with E-state index in [0.717, 1.165) is 40.4 Å². The van der Waals surface area contributed by atoms with Crippen LogP contribution in [0.3, 0.4) is 0 Å². The average Bonchev–Trinajstić information content (AvgIpc) is 3.30. The van der Waals surface area contributed by atoms with Gasteiger partial charge in [0, 0.05) is 24.5 Å². The highest BCUT2D eigenvalue weighted by Gasteiger charge is 2.17. The van der Waals surface area contributed by atoms with Crippen LogP contribution in [0, 0.1) is 0 Å². The van der Waals surface area contributed by atoms with Crippen molar-refractivity contribution >= 4 is 44.3 Å². The summed E-state index contributed by atoms with van der Waals surface area (Å²) >= 11 is 7.98. The Morgan fingerprint density at radius 1 is 1.37 bits per heavy atom. The normalized spacial score (nSPS) is 14.1. The molecule has 5 nitrogen and oxygen atoms in total. The van der Waals surface area contributed by atoms with Crippen LogP contribution in [0.15, 0.2) is 40.8 Å². The number of thiazole rings is 1. The number of hydrogen-bond acceptors (Lipinski definition) is 6. The fraction of sp³-hybridized carbons (Fsp3) is 0.300. The number of halogens is 1. The van der Waals surface area contributed by atoms with E-state index in [1.165, 1.54) is 0 Å². The Kier molecular flexibility index (Phi) is 5.18. The van der Waals surface area contributed by atoms with E-state index in [1.807, 2.05) is 12.1 Å². The number of rotatable bonds is 5. The van der Waals surface area contributed by atoms with Crippen LogP contribution < -0.4 is 4.90 Å². The number of fused-ring (bicyclic) bond motifs is 1. The number of nitrogens with zero attached hydrogens (tertiary/aromatic N) is 2. The van der Waals surface area contributed by atoms with Crippen LogP contribution in [0.1, 0.15) is 35.2 Å². The third-order valence-electron chi connectivity index (χ3n) is 4.36. The molecule has 0 spiro atoms. The summed E-state index contributed by atoms with van der Waals surface area (Å²) in [6.07, 6.45) is 5.92. The van der Waals surface area contributed by atoms with Gasteiger partial charge in [-0.1, -0.05) is 35.1 Å². The largest absolute Gasteiger partial charge is 0.460 e. The Balaban J connectivity index is 1.64. The van der Waals surface area contributed by atoms with Crippen LogP contribution in [0.25, 0.3) is 10.2 Å². The van der Waals surface area contributed by atoms with Gasteiger partial charge in [0.05, 0.1) is 16.8 Å². The summed E-state index contributed by atoms with van der Waals surface area (Å²) in [7, 11) is 0. The van der Waals surface area contributed by atoms with Gasteiger partial charge in [0.25, 0.3) is 0 Å². The number of ether oxygens (including phenoxy) is 1. The lowest BCUT2D eigenvalue weighted by molar-refractivity contribution is 0.0488. The number of furan rings is 1. The molecule has 0 radical (unpaired) electrons. The number of esters is 1. The van der Waals surface area contributed by atoms with Gasteiger partial charge in [-0.05, 0) is 43.2 Å². The molecular weight excluding hydrogens is 384 g/mol. The lowest BCUT2D eigenvalue weighted by Gasteiger charge is -2.22. The zero-order valence-electron chi connectivity index (χ0n) is 14.9. The molecule has 0 N–H and O–H groups in total. The first-order chi connectivity index (χ1) is 13.1. The SMILES string of the molecule is CCOC(=O)c1ccc(Cc2cc(Cl)cc3sc(N4CC=CCC4)nc23)o1. The van der Waals surface area contributed by atoms with Gasteiger partial charge >= 0.3 is 5.97 Å². The molecule has 7 heteroatoms. The lowest BCUT2D eigenvalue weighted by Crippen LogP contribution is -2.26. The topological polar surface area (TPSA) is 55.6 Å². The number of carbonyl (C=O) groups is 1. The fourth-order valence-corrected chi connectivity index (χ4v) is 4.50. The zero-order valence-corrected chi connectivity index (χ0v) is 16.5. The summed E-state index contributed by atoms with van der Waals surface area (Å²) in [4.78, 5) is 18.9. The molecule has 0 saturated heterocycles. The summed E-state index contributed by atoms with van der Waals surface area (Å²) in [5.74, 6) is 0.440. The Bertz CT molecular complexity index is 1010. The van der Waals surface area contributed by atoms with Crippen LogP contribution in [0.5, 0.6) is 0 Å². The summed E-state index contributed by atoms with van der Waals surface area (Å²) < 4.78 is 11.7. The third kappa shape index (κ3) is 3.87. The van der Waals surface area contributed by atoms with E-state index in [2.05, 4.69) is 17.1 Å². The van der Waals surface area contributed by atoms with Gasteiger partial charge in [0.15, 0.2) is 5.13 Å².